The van der Waals surface area contributed by atoms with Crippen molar-refractivity contribution in [2.45, 2.75) is 18.0 Å². The van der Waals surface area contributed by atoms with E-state index in [1.807, 2.05) is 0 Å². The number of aromatic amines is 2. The van der Waals surface area contributed by atoms with Gasteiger partial charge >= 0.3 is 0 Å². The maximum absolute atomic E-state index is 11.7. The maximum Gasteiger partial charge on any atom is 0.258 e. The second-order valence-corrected chi connectivity index (χ2v) is 4.71. The van der Waals surface area contributed by atoms with Gasteiger partial charge < -0.3 is 4.98 Å². The molecule has 16 heavy (non-hydrogen) atoms. The SMILES string of the molecule is CC(NS(=O)(=O)c1cnc[nH]1)c1nn[nH]n1. The van der Waals surface area contributed by atoms with Crippen LogP contribution in [0.1, 0.15) is 18.8 Å². The van der Waals surface area contributed by atoms with E-state index in [0.29, 0.717) is 0 Å². The Bertz CT molecular complexity index is 531. The fourth-order valence-electron chi connectivity index (χ4n) is 1.09. The molecule has 0 saturated heterocycles. The Hall–Kier alpha value is -1.81. The van der Waals surface area contributed by atoms with Crippen LogP contribution in [0, 0.1) is 0 Å². The van der Waals surface area contributed by atoms with Crippen LogP contribution in [0.15, 0.2) is 17.6 Å². The molecule has 2 rings (SSSR count). The van der Waals surface area contributed by atoms with Crippen LogP contribution in [-0.4, -0.2) is 39.0 Å². The van der Waals surface area contributed by atoms with E-state index in [1.54, 1.807) is 6.92 Å². The first-order valence-corrected chi connectivity index (χ1v) is 5.82. The molecule has 2 aromatic rings. The summed E-state index contributed by atoms with van der Waals surface area (Å²) in [5.74, 6) is 0.267. The number of hydrogen-bond acceptors (Lipinski definition) is 6. The highest BCUT2D eigenvalue weighted by molar-refractivity contribution is 7.89. The van der Waals surface area contributed by atoms with Gasteiger partial charge in [-0.3, -0.25) is 0 Å². The Morgan fingerprint density at radius 1 is 1.50 bits per heavy atom. The lowest BCUT2D eigenvalue weighted by Crippen LogP contribution is -2.27. The number of H-pyrrole nitrogens is 2. The zero-order valence-electron chi connectivity index (χ0n) is 8.25. The molecule has 1 unspecified atom stereocenters. The largest absolute Gasteiger partial charge is 0.335 e. The molecule has 0 aliphatic rings. The molecule has 0 bridgehead atoms. The first-order chi connectivity index (χ1) is 7.59. The molecule has 0 amide bonds. The molecule has 0 spiro atoms. The van der Waals surface area contributed by atoms with E-state index in [9.17, 15) is 8.42 Å². The van der Waals surface area contributed by atoms with Crippen molar-refractivity contribution in [3.05, 3.63) is 18.3 Å². The zero-order chi connectivity index (χ0) is 11.6. The summed E-state index contributed by atoms with van der Waals surface area (Å²) in [5, 5.41) is 12.9. The normalized spacial score (nSPS) is 13.8. The third-order valence-electron chi connectivity index (χ3n) is 1.84. The first kappa shape index (κ1) is 10.7. The number of nitrogens with one attached hydrogen (secondary N) is 3. The van der Waals surface area contributed by atoms with Crippen LogP contribution in [0.2, 0.25) is 0 Å². The molecule has 1 atom stereocenters. The van der Waals surface area contributed by atoms with Crippen molar-refractivity contribution < 1.29 is 8.42 Å². The van der Waals surface area contributed by atoms with Crippen LogP contribution >= 0.6 is 0 Å². The molecule has 86 valence electrons. The molecule has 2 heterocycles. The Kier molecular flexibility index (Phi) is 2.66. The molecular formula is C6H9N7O2S. The number of aromatic nitrogens is 6. The summed E-state index contributed by atoms with van der Waals surface area (Å²) in [7, 11) is -3.63. The van der Waals surface area contributed by atoms with E-state index in [0.717, 1.165) is 0 Å². The molecular weight excluding hydrogens is 234 g/mol. The third kappa shape index (κ3) is 2.06. The van der Waals surface area contributed by atoms with Crippen LogP contribution in [0.3, 0.4) is 0 Å². The molecule has 0 aromatic carbocycles. The number of sulfonamides is 1. The average molecular weight is 243 g/mol. The van der Waals surface area contributed by atoms with Gasteiger partial charge in [-0.2, -0.15) is 9.94 Å². The lowest BCUT2D eigenvalue weighted by Gasteiger charge is -2.08. The number of rotatable bonds is 4. The quantitative estimate of drug-likeness (QED) is 0.629. The highest BCUT2D eigenvalue weighted by atomic mass is 32.2. The summed E-state index contributed by atoms with van der Waals surface area (Å²) >= 11 is 0. The molecule has 0 fully saturated rings. The van der Waals surface area contributed by atoms with Crippen LogP contribution in [0.4, 0.5) is 0 Å². The van der Waals surface area contributed by atoms with Gasteiger partial charge in [0.2, 0.25) is 0 Å². The van der Waals surface area contributed by atoms with Crippen LogP contribution < -0.4 is 4.72 Å². The van der Waals surface area contributed by atoms with Gasteiger partial charge in [0.25, 0.3) is 10.0 Å². The Morgan fingerprint density at radius 3 is 2.88 bits per heavy atom. The highest BCUT2D eigenvalue weighted by Gasteiger charge is 2.21. The van der Waals surface area contributed by atoms with Crippen molar-refractivity contribution in [1.82, 2.24) is 35.3 Å². The third-order valence-corrected chi connectivity index (χ3v) is 3.31. The number of tetrazole rings is 1. The van der Waals surface area contributed by atoms with E-state index in [2.05, 4.69) is 35.3 Å². The number of hydrogen-bond donors (Lipinski definition) is 3. The minimum Gasteiger partial charge on any atom is -0.335 e. The van der Waals surface area contributed by atoms with Crippen molar-refractivity contribution in [1.29, 1.82) is 0 Å². The summed E-state index contributed by atoms with van der Waals surface area (Å²) < 4.78 is 25.8. The molecule has 9 nitrogen and oxygen atoms in total. The van der Waals surface area contributed by atoms with Gasteiger partial charge in [-0.25, -0.2) is 13.4 Å². The number of nitrogens with zero attached hydrogens (tertiary/aromatic N) is 4. The Labute approximate surface area is 90.7 Å². The van der Waals surface area contributed by atoms with E-state index < -0.39 is 16.1 Å². The summed E-state index contributed by atoms with van der Waals surface area (Å²) in [6, 6.07) is -0.577. The van der Waals surface area contributed by atoms with Crippen molar-refractivity contribution >= 4 is 10.0 Å². The highest BCUT2D eigenvalue weighted by Crippen LogP contribution is 2.10. The smallest absolute Gasteiger partial charge is 0.258 e. The van der Waals surface area contributed by atoms with E-state index in [1.165, 1.54) is 12.5 Å². The van der Waals surface area contributed by atoms with Crippen LogP contribution in [0.5, 0.6) is 0 Å². The first-order valence-electron chi connectivity index (χ1n) is 4.33. The van der Waals surface area contributed by atoms with Crippen LogP contribution in [-0.2, 0) is 10.0 Å². The van der Waals surface area contributed by atoms with Gasteiger partial charge in [0, 0.05) is 0 Å². The predicted octanol–water partition coefficient (Wildman–Crippen LogP) is -1.04. The fourth-order valence-corrected chi connectivity index (χ4v) is 2.20. The minimum atomic E-state index is -3.63. The zero-order valence-corrected chi connectivity index (χ0v) is 9.06. The standard InChI is InChI=1S/C6H9N7O2S/c1-4(6-9-12-13-10-6)11-16(14,15)5-2-7-3-8-5/h2-4,11H,1H3,(H,7,8)(H,9,10,12,13). The van der Waals surface area contributed by atoms with Gasteiger partial charge in [0.15, 0.2) is 10.9 Å². The van der Waals surface area contributed by atoms with Crippen molar-refractivity contribution in [3.8, 4) is 0 Å². The lowest BCUT2D eigenvalue weighted by molar-refractivity contribution is 0.557. The summed E-state index contributed by atoms with van der Waals surface area (Å²) in [4.78, 5) is 6.14. The Morgan fingerprint density at radius 2 is 2.31 bits per heavy atom. The molecule has 10 heteroatoms. The van der Waals surface area contributed by atoms with Gasteiger partial charge in [-0.05, 0) is 6.92 Å². The molecule has 2 aromatic heterocycles. The summed E-state index contributed by atoms with van der Waals surface area (Å²) in [5.41, 5.74) is 0. The second-order valence-electron chi connectivity index (χ2n) is 3.03. The molecule has 0 radical (unpaired) electrons. The number of imidazole rings is 1. The monoisotopic (exact) mass is 243 g/mol. The molecule has 0 aliphatic carbocycles. The second kappa shape index (κ2) is 3.98. The lowest BCUT2D eigenvalue weighted by atomic mass is 10.4. The van der Waals surface area contributed by atoms with E-state index in [4.69, 9.17) is 0 Å². The van der Waals surface area contributed by atoms with Gasteiger partial charge in [0.1, 0.15) is 0 Å². The van der Waals surface area contributed by atoms with Gasteiger partial charge in [-0.15, -0.1) is 10.2 Å². The topological polar surface area (TPSA) is 129 Å². The van der Waals surface area contributed by atoms with Gasteiger partial charge in [-0.1, -0.05) is 5.21 Å². The fraction of sp³-hybridized carbons (Fsp3) is 0.333. The average Bonchev–Trinajstić information content (AvgIpc) is 2.91. The van der Waals surface area contributed by atoms with Crippen molar-refractivity contribution in [3.63, 3.8) is 0 Å². The molecule has 0 aliphatic heterocycles. The van der Waals surface area contributed by atoms with E-state index >= 15 is 0 Å². The van der Waals surface area contributed by atoms with Crippen molar-refractivity contribution in [2.75, 3.05) is 0 Å². The predicted molar refractivity (Wildman–Crippen MR) is 51.5 cm³/mol. The van der Waals surface area contributed by atoms with Crippen molar-refractivity contribution in [2.24, 2.45) is 0 Å². The Balaban J connectivity index is 2.16. The summed E-state index contributed by atoms with van der Waals surface area (Å²) in [6.45, 7) is 1.61. The van der Waals surface area contributed by atoms with Crippen LogP contribution in [0.25, 0.3) is 0 Å². The minimum absolute atomic E-state index is 0.0113. The van der Waals surface area contributed by atoms with Gasteiger partial charge in [0.05, 0.1) is 18.6 Å². The summed E-state index contributed by atoms with van der Waals surface area (Å²) in [6.07, 6.45) is 2.50. The molecule has 0 saturated carbocycles. The maximum atomic E-state index is 11.7. The van der Waals surface area contributed by atoms with E-state index in [-0.39, 0.29) is 10.9 Å². The molecule has 3 N–H and O–H groups in total.